The van der Waals surface area contributed by atoms with Crippen molar-refractivity contribution in [2.45, 2.75) is 58.8 Å². The first-order valence-corrected chi connectivity index (χ1v) is 9.02. The fraction of sp³-hybridized carbons (Fsp3) is 0.667. The zero-order valence-corrected chi connectivity index (χ0v) is 15.4. The van der Waals surface area contributed by atoms with Crippen molar-refractivity contribution in [1.29, 1.82) is 0 Å². The van der Waals surface area contributed by atoms with Crippen molar-refractivity contribution in [2.75, 3.05) is 13.1 Å². The molecule has 0 N–H and O–H groups in total. The Kier molecular flexibility index (Phi) is 5.20. The van der Waals surface area contributed by atoms with Crippen molar-refractivity contribution >= 4 is 5.91 Å². The minimum atomic E-state index is -0.0951. The van der Waals surface area contributed by atoms with Gasteiger partial charge in [0.2, 0.25) is 5.89 Å². The molecule has 1 atom stereocenters. The van der Waals surface area contributed by atoms with Crippen LogP contribution in [0.4, 0.5) is 0 Å². The van der Waals surface area contributed by atoms with Crippen molar-refractivity contribution in [1.82, 2.24) is 20.2 Å². The highest BCUT2D eigenvalue weighted by Crippen LogP contribution is 2.27. The summed E-state index contributed by atoms with van der Waals surface area (Å²) in [6, 6.07) is 1.74. The van der Waals surface area contributed by atoms with Crippen LogP contribution in [0, 0.1) is 5.92 Å². The van der Waals surface area contributed by atoms with Crippen LogP contribution in [0.1, 0.15) is 80.3 Å². The zero-order valence-electron chi connectivity index (χ0n) is 15.4. The molecule has 1 aliphatic rings. The lowest BCUT2D eigenvalue weighted by Crippen LogP contribution is -2.39. The summed E-state index contributed by atoms with van der Waals surface area (Å²) < 4.78 is 10.7. The van der Waals surface area contributed by atoms with Crippen molar-refractivity contribution in [2.24, 2.45) is 5.92 Å². The first kappa shape index (κ1) is 17.6. The minimum absolute atomic E-state index is 0.0857. The maximum absolute atomic E-state index is 12.7. The molecular formula is C18H26N4O3. The van der Waals surface area contributed by atoms with E-state index in [9.17, 15) is 4.79 Å². The second-order valence-electron chi connectivity index (χ2n) is 7.51. The molecule has 1 saturated heterocycles. The summed E-state index contributed by atoms with van der Waals surface area (Å²) in [4.78, 5) is 19.0. The van der Waals surface area contributed by atoms with Crippen molar-refractivity contribution < 1.29 is 13.8 Å². The number of amides is 1. The van der Waals surface area contributed by atoms with E-state index in [0.717, 1.165) is 30.8 Å². The third kappa shape index (κ3) is 4.08. The van der Waals surface area contributed by atoms with Crippen LogP contribution in [0.3, 0.4) is 0 Å². The van der Waals surface area contributed by atoms with Crippen LogP contribution in [0.25, 0.3) is 0 Å². The first-order chi connectivity index (χ1) is 11.9. The van der Waals surface area contributed by atoms with Gasteiger partial charge in [0.1, 0.15) is 5.76 Å². The first-order valence-electron chi connectivity index (χ1n) is 9.02. The Balaban J connectivity index is 1.67. The van der Waals surface area contributed by atoms with Gasteiger partial charge in [-0.1, -0.05) is 38.0 Å². The van der Waals surface area contributed by atoms with Gasteiger partial charge in [0, 0.05) is 31.5 Å². The van der Waals surface area contributed by atoms with Crippen LogP contribution in [-0.2, 0) is 6.42 Å². The summed E-state index contributed by atoms with van der Waals surface area (Å²) in [5.74, 6) is 2.79. The van der Waals surface area contributed by atoms with E-state index in [4.69, 9.17) is 9.05 Å². The van der Waals surface area contributed by atoms with E-state index in [1.54, 1.807) is 6.07 Å². The lowest BCUT2D eigenvalue weighted by Gasteiger charge is -2.30. The fourth-order valence-corrected chi connectivity index (χ4v) is 3.07. The normalized spacial score (nSPS) is 18.3. The quantitative estimate of drug-likeness (QED) is 0.825. The summed E-state index contributed by atoms with van der Waals surface area (Å²) in [6.45, 7) is 9.56. The highest BCUT2D eigenvalue weighted by atomic mass is 16.5. The molecular weight excluding hydrogens is 320 g/mol. The predicted molar refractivity (Wildman–Crippen MR) is 91.3 cm³/mol. The molecule has 136 valence electrons. The molecule has 0 aromatic carbocycles. The molecule has 3 rings (SSSR count). The van der Waals surface area contributed by atoms with Gasteiger partial charge in [0.25, 0.3) is 5.91 Å². The van der Waals surface area contributed by atoms with E-state index < -0.39 is 0 Å². The Bertz CT molecular complexity index is 719. The molecule has 25 heavy (non-hydrogen) atoms. The molecule has 1 fully saturated rings. The maximum atomic E-state index is 12.7. The number of hydrogen-bond donors (Lipinski definition) is 0. The van der Waals surface area contributed by atoms with Gasteiger partial charge in [-0.2, -0.15) is 4.98 Å². The zero-order chi connectivity index (χ0) is 18.0. The molecule has 1 aliphatic heterocycles. The summed E-state index contributed by atoms with van der Waals surface area (Å²) in [6.07, 6.45) is 2.66. The van der Waals surface area contributed by atoms with Crippen LogP contribution < -0.4 is 0 Å². The highest BCUT2D eigenvalue weighted by molar-refractivity contribution is 5.92. The Hall–Kier alpha value is -2.18. The molecule has 0 spiro atoms. The van der Waals surface area contributed by atoms with Crippen LogP contribution in [-0.4, -0.2) is 39.2 Å². The van der Waals surface area contributed by atoms with Gasteiger partial charge in [-0.25, -0.2) is 0 Å². The lowest BCUT2D eigenvalue weighted by molar-refractivity contribution is 0.0685. The number of likely N-dealkylation sites (tertiary alicyclic amines) is 1. The number of carbonyl (C=O) groups is 1. The standard InChI is InChI=1S/C18H26N4O3/c1-11(2)8-16-19-17(25-21-16)13-6-5-7-22(10-13)18(23)14-9-15(12(3)4)24-20-14/h9,11-13H,5-8,10H2,1-4H3. The third-order valence-corrected chi connectivity index (χ3v) is 4.45. The number of aromatic nitrogens is 3. The van der Waals surface area contributed by atoms with E-state index >= 15 is 0 Å². The Labute approximate surface area is 147 Å². The van der Waals surface area contributed by atoms with Gasteiger partial charge >= 0.3 is 0 Å². The van der Waals surface area contributed by atoms with Gasteiger partial charge in [0.05, 0.1) is 5.92 Å². The number of nitrogens with zero attached hydrogens (tertiary/aromatic N) is 4. The predicted octanol–water partition coefficient (Wildman–Crippen LogP) is 3.40. The van der Waals surface area contributed by atoms with Crippen molar-refractivity contribution in [3.05, 3.63) is 29.2 Å². The molecule has 0 aliphatic carbocycles. The summed E-state index contributed by atoms with van der Waals surface area (Å²) >= 11 is 0. The topological polar surface area (TPSA) is 85.3 Å². The highest BCUT2D eigenvalue weighted by Gasteiger charge is 2.30. The minimum Gasteiger partial charge on any atom is -0.360 e. The fourth-order valence-electron chi connectivity index (χ4n) is 3.07. The van der Waals surface area contributed by atoms with E-state index in [1.165, 1.54) is 0 Å². The van der Waals surface area contributed by atoms with Gasteiger partial charge in [-0.15, -0.1) is 0 Å². The molecule has 1 amide bonds. The lowest BCUT2D eigenvalue weighted by atomic mass is 9.97. The van der Waals surface area contributed by atoms with Crippen LogP contribution in [0.5, 0.6) is 0 Å². The Morgan fingerprint density at radius 1 is 1.28 bits per heavy atom. The van der Waals surface area contributed by atoms with Gasteiger partial charge in [0.15, 0.2) is 11.5 Å². The molecule has 2 aromatic rings. The van der Waals surface area contributed by atoms with Gasteiger partial charge < -0.3 is 13.9 Å². The maximum Gasteiger partial charge on any atom is 0.276 e. The van der Waals surface area contributed by atoms with E-state index in [0.29, 0.717) is 30.6 Å². The Morgan fingerprint density at radius 3 is 2.76 bits per heavy atom. The number of piperidine rings is 1. The van der Waals surface area contributed by atoms with E-state index in [2.05, 4.69) is 29.1 Å². The van der Waals surface area contributed by atoms with Crippen molar-refractivity contribution in [3.63, 3.8) is 0 Å². The molecule has 3 heterocycles. The molecule has 7 nitrogen and oxygen atoms in total. The monoisotopic (exact) mass is 346 g/mol. The summed E-state index contributed by atoms with van der Waals surface area (Å²) in [5.41, 5.74) is 0.371. The van der Waals surface area contributed by atoms with Crippen LogP contribution in [0.15, 0.2) is 15.1 Å². The number of rotatable bonds is 5. The Morgan fingerprint density at radius 2 is 2.08 bits per heavy atom. The van der Waals surface area contributed by atoms with Crippen LogP contribution in [0.2, 0.25) is 0 Å². The molecule has 0 bridgehead atoms. The second kappa shape index (κ2) is 7.37. The van der Waals surface area contributed by atoms with Crippen molar-refractivity contribution in [3.8, 4) is 0 Å². The molecule has 0 radical (unpaired) electrons. The molecule has 2 aromatic heterocycles. The van der Waals surface area contributed by atoms with Gasteiger partial charge in [-0.05, 0) is 18.8 Å². The molecule has 0 saturated carbocycles. The van der Waals surface area contributed by atoms with E-state index in [-0.39, 0.29) is 17.7 Å². The smallest absolute Gasteiger partial charge is 0.276 e. The third-order valence-electron chi connectivity index (χ3n) is 4.45. The average Bonchev–Trinajstić information content (AvgIpc) is 3.23. The molecule has 7 heteroatoms. The van der Waals surface area contributed by atoms with Gasteiger partial charge in [-0.3, -0.25) is 4.79 Å². The molecule has 1 unspecified atom stereocenters. The number of hydrogen-bond acceptors (Lipinski definition) is 6. The summed E-state index contributed by atoms with van der Waals surface area (Å²) in [7, 11) is 0. The number of carbonyl (C=O) groups excluding carboxylic acids is 1. The largest absolute Gasteiger partial charge is 0.360 e. The average molecular weight is 346 g/mol. The van der Waals surface area contributed by atoms with Crippen LogP contribution >= 0.6 is 0 Å². The SMILES string of the molecule is CC(C)Cc1noc(C2CCCN(C(=O)c3cc(C(C)C)on3)C2)n1. The second-order valence-corrected chi connectivity index (χ2v) is 7.51. The van der Waals surface area contributed by atoms with E-state index in [1.807, 2.05) is 18.7 Å². The summed E-state index contributed by atoms with van der Waals surface area (Å²) in [5, 5.41) is 7.99.